The van der Waals surface area contributed by atoms with Crippen LogP contribution in [0.4, 0.5) is 0 Å². The molecule has 24 heavy (non-hydrogen) atoms. The molecule has 0 unspecified atom stereocenters. The zero-order valence-corrected chi connectivity index (χ0v) is 14.7. The highest BCUT2D eigenvalue weighted by atomic mass is 32.2. The molecule has 0 aliphatic rings. The van der Waals surface area contributed by atoms with Crippen molar-refractivity contribution in [2.45, 2.75) is 6.54 Å². The van der Waals surface area contributed by atoms with E-state index in [-0.39, 0.29) is 6.54 Å². The second-order valence-electron chi connectivity index (χ2n) is 5.20. The van der Waals surface area contributed by atoms with Gasteiger partial charge >= 0.3 is 0 Å². The van der Waals surface area contributed by atoms with E-state index in [1.807, 2.05) is 53.9 Å². The van der Waals surface area contributed by atoms with E-state index in [4.69, 9.17) is 0 Å². The van der Waals surface area contributed by atoms with Crippen molar-refractivity contribution in [1.29, 1.82) is 0 Å². The van der Waals surface area contributed by atoms with Gasteiger partial charge in [-0.05, 0) is 29.2 Å². The molecule has 2 heterocycles. The summed E-state index contributed by atoms with van der Waals surface area (Å²) in [6, 6.07) is 15.2. The van der Waals surface area contributed by atoms with Crippen molar-refractivity contribution >= 4 is 27.4 Å². The Kier molecular flexibility index (Phi) is 4.94. The van der Waals surface area contributed by atoms with Crippen LogP contribution in [-0.2, 0) is 23.6 Å². The summed E-state index contributed by atoms with van der Waals surface area (Å²) >= 11 is 1.60. The van der Waals surface area contributed by atoms with E-state index in [2.05, 4.69) is 9.82 Å². The van der Waals surface area contributed by atoms with Crippen LogP contribution in [0.3, 0.4) is 0 Å². The topological polar surface area (TPSA) is 64.0 Å². The van der Waals surface area contributed by atoms with E-state index in [0.29, 0.717) is 0 Å². The average molecular weight is 359 g/mol. The van der Waals surface area contributed by atoms with Gasteiger partial charge in [-0.25, -0.2) is 13.1 Å². The second kappa shape index (κ2) is 7.12. The third-order valence-corrected chi connectivity index (χ3v) is 5.38. The molecule has 0 fully saturated rings. The zero-order valence-electron chi connectivity index (χ0n) is 13.1. The van der Waals surface area contributed by atoms with Crippen LogP contribution in [-0.4, -0.2) is 18.2 Å². The first-order valence-electron chi connectivity index (χ1n) is 7.33. The number of benzene rings is 1. The molecule has 7 heteroatoms. The van der Waals surface area contributed by atoms with Crippen molar-refractivity contribution in [1.82, 2.24) is 14.5 Å². The highest BCUT2D eigenvalue weighted by molar-refractivity contribution is 7.92. The van der Waals surface area contributed by atoms with Crippen molar-refractivity contribution < 1.29 is 8.42 Å². The quantitative estimate of drug-likeness (QED) is 0.735. The van der Waals surface area contributed by atoms with Gasteiger partial charge in [-0.3, -0.25) is 4.68 Å². The normalized spacial score (nSPS) is 12.0. The molecule has 0 atom stereocenters. The van der Waals surface area contributed by atoms with Gasteiger partial charge in [0.1, 0.15) is 5.69 Å². The number of nitrogens with zero attached hydrogens (tertiary/aromatic N) is 2. The predicted octanol–water partition coefficient (Wildman–Crippen LogP) is 3.24. The monoisotopic (exact) mass is 359 g/mol. The summed E-state index contributed by atoms with van der Waals surface area (Å²) < 4.78 is 28.5. The maximum Gasteiger partial charge on any atom is 0.234 e. The molecular formula is C17H17N3O2S2. The van der Waals surface area contributed by atoms with Crippen LogP contribution in [0.5, 0.6) is 0 Å². The summed E-state index contributed by atoms with van der Waals surface area (Å²) in [5, 5.41) is 7.59. The number of hydrogen-bond acceptors (Lipinski definition) is 4. The Hall–Kier alpha value is -2.22. The number of aryl methyl sites for hydroxylation is 1. The summed E-state index contributed by atoms with van der Waals surface area (Å²) in [5.74, 6) is 0. The van der Waals surface area contributed by atoms with Gasteiger partial charge in [-0.1, -0.05) is 36.4 Å². The zero-order chi connectivity index (χ0) is 17.0. The Balaban J connectivity index is 1.68. The molecule has 0 spiro atoms. The maximum absolute atomic E-state index is 12.1. The lowest BCUT2D eigenvalue weighted by Gasteiger charge is -2.03. The molecule has 5 nitrogen and oxygen atoms in total. The van der Waals surface area contributed by atoms with Gasteiger partial charge in [0.25, 0.3) is 0 Å². The van der Waals surface area contributed by atoms with Crippen molar-refractivity contribution in [2.24, 2.45) is 7.05 Å². The van der Waals surface area contributed by atoms with Crippen LogP contribution >= 0.6 is 11.3 Å². The lowest BCUT2D eigenvalue weighted by molar-refractivity contribution is 0.586. The third kappa shape index (κ3) is 4.19. The minimum Gasteiger partial charge on any atom is -0.271 e. The fraction of sp³-hybridized carbons (Fsp3) is 0.118. The van der Waals surface area contributed by atoms with Gasteiger partial charge in [0.15, 0.2) is 0 Å². The molecule has 0 amide bonds. The Labute approximate surface area is 145 Å². The van der Waals surface area contributed by atoms with Gasteiger partial charge in [0, 0.05) is 12.5 Å². The summed E-state index contributed by atoms with van der Waals surface area (Å²) in [4.78, 5) is 1.06. The van der Waals surface area contributed by atoms with Crippen LogP contribution in [0.2, 0.25) is 0 Å². The predicted molar refractivity (Wildman–Crippen MR) is 97.8 cm³/mol. The van der Waals surface area contributed by atoms with E-state index in [1.54, 1.807) is 29.1 Å². The van der Waals surface area contributed by atoms with Crippen molar-refractivity contribution in [2.75, 3.05) is 0 Å². The minimum atomic E-state index is -3.51. The first-order chi connectivity index (χ1) is 11.5. The fourth-order valence-electron chi connectivity index (χ4n) is 2.17. The van der Waals surface area contributed by atoms with E-state index >= 15 is 0 Å². The Morgan fingerprint density at radius 3 is 2.71 bits per heavy atom. The van der Waals surface area contributed by atoms with E-state index in [1.165, 1.54) is 5.41 Å². The van der Waals surface area contributed by atoms with Gasteiger partial charge in [0.05, 0.1) is 17.1 Å². The molecule has 0 aliphatic heterocycles. The molecule has 3 rings (SSSR count). The lowest BCUT2D eigenvalue weighted by atomic mass is 10.2. The molecule has 0 aliphatic carbocycles. The number of aromatic nitrogens is 2. The van der Waals surface area contributed by atoms with Crippen LogP contribution in [0.25, 0.3) is 16.6 Å². The standard InChI is InChI=1S/C17H17N3O2S2/c1-20-15(12-16(19-20)17-8-5-10-23-17)13-18-24(21,22)11-9-14-6-3-2-4-7-14/h2-12,18H,13H2,1H3. The summed E-state index contributed by atoms with van der Waals surface area (Å²) in [6.45, 7) is 0.191. The Morgan fingerprint density at radius 2 is 2.00 bits per heavy atom. The summed E-state index contributed by atoms with van der Waals surface area (Å²) in [5.41, 5.74) is 2.49. The molecule has 3 aromatic rings. The smallest absolute Gasteiger partial charge is 0.234 e. The van der Waals surface area contributed by atoms with Crippen LogP contribution in [0.1, 0.15) is 11.3 Å². The minimum absolute atomic E-state index is 0.191. The molecule has 2 aromatic heterocycles. The highest BCUT2D eigenvalue weighted by Gasteiger charge is 2.11. The van der Waals surface area contributed by atoms with Gasteiger partial charge in [-0.2, -0.15) is 5.10 Å². The number of sulfonamides is 1. The molecule has 0 saturated heterocycles. The summed E-state index contributed by atoms with van der Waals surface area (Å²) in [7, 11) is -1.70. The van der Waals surface area contributed by atoms with Gasteiger partial charge in [0.2, 0.25) is 10.0 Å². The number of nitrogens with one attached hydrogen (secondary N) is 1. The molecule has 124 valence electrons. The second-order valence-corrected chi connectivity index (χ2v) is 7.80. The molecular weight excluding hydrogens is 342 g/mol. The SMILES string of the molecule is Cn1nc(-c2cccs2)cc1CNS(=O)(=O)C=Cc1ccccc1. The van der Waals surface area contributed by atoms with Crippen molar-refractivity contribution in [3.8, 4) is 10.6 Å². The first-order valence-corrected chi connectivity index (χ1v) is 9.76. The van der Waals surface area contributed by atoms with Crippen molar-refractivity contribution in [3.63, 3.8) is 0 Å². The highest BCUT2D eigenvalue weighted by Crippen LogP contribution is 2.23. The lowest BCUT2D eigenvalue weighted by Crippen LogP contribution is -2.22. The fourth-order valence-corrected chi connectivity index (χ4v) is 3.63. The molecule has 0 radical (unpaired) electrons. The van der Waals surface area contributed by atoms with E-state index in [9.17, 15) is 8.42 Å². The molecule has 0 bridgehead atoms. The molecule has 1 N–H and O–H groups in total. The Bertz CT molecular complexity index is 928. The first kappa shape index (κ1) is 16.6. The van der Waals surface area contributed by atoms with Crippen LogP contribution in [0, 0.1) is 0 Å². The maximum atomic E-state index is 12.1. The number of hydrogen-bond donors (Lipinski definition) is 1. The third-order valence-electron chi connectivity index (χ3n) is 3.44. The number of thiophene rings is 1. The van der Waals surface area contributed by atoms with Crippen LogP contribution < -0.4 is 4.72 Å². The average Bonchev–Trinajstić information content (AvgIpc) is 3.22. The Morgan fingerprint density at radius 1 is 1.21 bits per heavy atom. The van der Waals surface area contributed by atoms with E-state index < -0.39 is 10.0 Å². The number of rotatable bonds is 6. The van der Waals surface area contributed by atoms with Gasteiger partial charge in [-0.15, -0.1) is 11.3 Å². The molecule has 1 aromatic carbocycles. The molecule has 0 saturated carbocycles. The summed E-state index contributed by atoms with van der Waals surface area (Å²) in [6.07, 6.45) is 1.57. The van der Waals surface area contributed by atoms with E-state index in [0.717, 1.165) is 21.8 Å². The largest absolute Gasteiger partial charge is 0.271 e. The van der Waals surface area contributed by atoms with Crippen molar-refractivity contribution in [3.05, 3.63) is 70.6 Å². The van der Waals surface area contributed by atoms with Crippen LogP contribution in [0.15, 0.2) is 59.3 Å². The van der Waals surface area contributed by atoms with Gasteiger partial charge < -0.3 is 0 Å².